The lowest BCUT2D eigenvalue weighted by atomic mass is 10.1. The molecule has 0 radical (unpaired) electrons. The molecule has 0 amide bonds. The third kappa shape index (κ3) is 4.12. The number of oxime groups is 1. The van der Waals surface area contributed by atoms with Gasteiger partial charge in [0.15, 0.2) is 5.84 Å². The Balaban J connectivity index is 4.23. The lowest BCUT2D eigenvalue weighted by Gasteiger charge is -2.27. The number of nitrogens with two attached hydrogens (primary N) is 1. The number of hydrogen-bond acceptors (Lipinski definition) is 3. The summed E-state index contributed by atoms with van der Waals surface area (Å²) in [5.74, 6) is 0.885. The fourth-order valence-corrected chi connectivity index (χ4v) is 1.52. The minimum Gasteiger partial charge on any atom is -0.409 e. The molecule has 0 fully saturated rings. The molecule has 0 aliphatic rings. The minimum absolute atomic E-state index is 0.0485. The fraction of sp³-hybridized carbons (Fsp3) is 0.889. The number of rotatable bonds is 5. The zero-order valence-electron chi connectivity index (χ0n) is 8.99. The third-order valence-electron chi connectivity index (χ3n) is 2.03. The van der Waals surface area contributed by atoms with E-state index in [1.807, 2.05) is 14.0 Å². The Morgan fingerprint density at radius 1 is 1.54 bits per heavy atom. The van der Waals surface area contributed by atoms with Gasteiger partial charge in [0.05, 0.1) is 6.04 Å². The normalized spacial score (nSPS) is 15.4. The van der Waals surface area contributed by atoms with Crippen molar-refractivity contribution in [1.29, 1.82) is 0 Å². The van der Waals surface area contributed by atoms with Gasteiger partial charge in [-0.15, -0.1) is 0 Å². The standard InChI is InChI=1S/C9H21N3O/c1-5-8(9(10)11-13)12(4)6-7(2)3/h7-8,13H,5-6H2,1-4H3,(H2,10,11). The van der Waals surface area contributed by atoms with Crippen LogP contribution >= 0.6 is 0 Å². The van der Waals surface area contributed by atoms with Crippen molar-refractivity contribution in [3.63, 3.8) is 0 Å². The zero-order valence-corrected chi connectivity index (χ0v) is 8.99. The highest BCUT2D eigenvalue weighted by atomic mass is 16.4. The molecule has 0 bridgehead atoms. The highest BCUT2D eigenvalue weighted by Crippen LogP contribution is 2.05. The molecular weight excluding hydrogens is 166 g/mol. The molecule has 0 saturated carbocycles. The van der Waals surface area contributed by atoms with Gasteiger partial charge in [-0.3, -0.25) is 4.90 Å². The van der Waals surface area contributed by atoms with Crippen LogP contribution in [0.25, 0.3) is 0 Å². The second-order valence-electron chi connectivity index (χ2n) is 3.78. The number of likely N-dealkylation sites (N-methyl/N-ethyl adjacent to an activating group) is 1. The van der Waals surface area contributed by atoms with Gasteiger partial charge in [0.1, 0.15) is 0 Å². The lowest BCUT2D eigenvalue weighted by Crippen LogP contribution is -2.43. The van der Waals surface area contributed by atoms with Gasteiger partial charge in [0.2, 0.25) is 0 Å². The summed E-state index contributed by atoms with van der Waals surface area (Å²) in [6.07, 6.45) is 0.860. The van der Waals surface area contributed by atoms with E-state index in [1.165, 1.54) is 0 Å². The van der Waals surface area contributed by atoms with Crippen LogP contribution in [0.1, 0.15) is 27.2 Å². The summed E-state index contributed by atoms with van der Waals surface area (Å²) < 4.78 is 0. The maximum atomic E-state index is 8.56. The summed E-state index contributed by atoms with van der Waals surface area (Å²) in [6.45, 7) is 7.28. The Morgan fingerprint density at radius 3 is 2.38 bits per heavy atom. The largest absolute Gasteiger partial charge is 0.409 e. The van der Waals surface area contributed by atoms with Crippen LogP contribution in [-0.2, 0) is 0 Å². The second-order valence-corrected chi connectivity index (χ2v) is 3.78. The van der Waals surface area contributed by atoms with Gasteiger partial charge >= 0.3 is 0 Å². The molecule has 0 aliphatic carbocycles. The van der Waals surface area contributed by atoms with Gasteiger partial charge in [0.25, 0.3) is 0 Å². The van der Waals surface area contributed by atoms with Crippen molar-refractivity contribution >= 4 is 5.84 Å². The molecule has 13 heavy (non-hydrogen) atoms. The summed E-state index contributed by atoms with van der Waals surface area (Å²) in [4.78, 5) is 2.11. The van der Waals surface area contributed by atoms with Gasteiger partial charge in [-0.2, -0.15) is 0 Å². The van der Waals surface area contributed by atoms with Crippen LogP contribution in [0.4, 0.5) is 0 Å². The molecule has 3 N–H and O–H groups in total. The molecule has 0 aliphatic heterocycles. The molecule has 4 heteroatoms. The van der Waals surface area contributed by atoms with Crippen molar-refractivity contribution < 1.29 is 5.21 Å². The van der Waals surface area contributed by atoms with Crippen molar-refractivity contribution in [2.45, 2.75) is 33.2 Å². The first kappa shape index (κ1) is 12.2. The summed E-state index contributed by atoms with van der Waals surface area (Å²) in [7, 11) is 1.99. The van der Waals surface area contributed by atoms with Crippen LogP contribution in [0.15, 0.2) is 5.16 Å². The van der Waals surface area contributed by atoms with Crippen LogP contribution in [0.3, 0.4) is 0 Å². The maximum absolute atomic E-state index is 8.56. The fourth-order valence-electron chi connectivity index (χ4n) is 1.52. The first-order chi connectivity index (χ1) is 6.02. The lowest BCUT2D eigenvalue weighted by molar-refractivity contribution is 0.247. The van der Waals surface area contributed by atoms with Gasteiger partial charge in [0, 0.05) is 6.54 Å². The monoisotopic (exact) mass is 187 g/mol. The first-order valence-corrected chi connectivity index (χ1v) is 4.70. The number of amidine groups is 1. The average molecular weight is 187 g/mol. The first-order valence-electron chi connectivity index (χ1n) is 4.70. The molecule has 0 spiro atoms. The summed E-state index contributed by atoms with van der Waals surface area (Å²) >= 11 is 0. The second kappa shape index (κ2) is 5.80. The van der Waals surface area contributed by atoms with Crippen molar-refractivity contribution in [2.24, 2.45) is 16.8 Å². The van der Waals surface area contributed by atoms with E-state index >= 15 is 0 Å². The van der Waals surface area contributed by atoms with E-state index in [4.69, 9.17) is 10.9 Å². The topological polar surface area (TPSA) is 61.9 Å². The Bertz CT molecular complexity index is 168. The van der Waals surface area contributed by atoms with Gasteiger partial charge in [-0.25, -0.2) is 0 Å². The molecule has 4 nitrogen and oxygen atoms in total. The minimum atomic E-state index is 0.0485. The van der Waals surface area contributed by atoms with Crippen LogP contribution in [-0.4, -0.2) is 35.6 Å². The predicted molar refractivity (Wildman–Crippen MR) is 55.0 cm³/mol. The Labute approximate surface area is 80.4 Å². The Kier molecular flexibility index (Phi) is 5.46. The molecule has 0 aromatic heterocycles. The smallest absolute Gasteiger partial charge is 0.156 e. The molecule has 1 atom stereocenters. The van der Waals surface area contributed by atoms with Crippen LogP contribution in [0.5, 0.6) is 0 Å². The molecule has 0 aromatic rings. The Morgan fingerprint density at radius 2 is 2.08 bits per heavy atom. The van der Waals surface area contributed by atoms with Crippen molar-refractivity contribution in [2.75, 3.05) is 13.6 Å². The quantitative estimate of drug-likeness (QED) is 0.293. The third-order valence-corrected chi connectivity index (χ3v) is 2.03. The highest BCUT2D eigenvalue weighted by molar-refractivity contribution is 5.85. The predicted octanol–water partition coefficient (Wildman–Crippen LogP) is 1.10. The molecule has 0 saturated heterocycles. The SMILES string of the molecule is CCC(C(N)=NO)N(C)CC(C)C. The molecule has 0 rings (SSSR count). The van der Waals surface area contributed by atoms with E-state index < -0.39 is 0 Å². The summed E-state index contributed by atoms with van der Waals surface area (Å²) in [5.41, 5.74) is 5.56. The van der Waals surface area contributed by atoms with Crippen molar-refractivity contribution in [3.05, 3.63) is 0 Å². The van der Waals surface area contributed by atoms with Gasteiger partial charge in [-0.05, 0) is 19.4 Å². The van der Waals surface area contributed by atoms with Crippen LogP contribution in [0, 0.1) is 5.92 Å². The summed E-state index contributed by atoms with van der Waals surface area (Å²) in [6, 6.07) is 0.0485. The van der Waals surface area contributed by atoms with E-state index in [1.54, 1.807) is 0 Å². The zero-order chi connectivity index (χ0) is 10.4. The number of nitrogens with zero attached hydrogens (tertiary/aromatic N) is 2. The highest BCUT2D eigenvalue weighted by Gasteiger charge is 2.17. The van der Waals surface area contributed by atoms with Gasteiger partial charge < -0.3 is 10.9 Å². The van der Waals surface area contributed by atoms with E-state index in [0.717, 1.165) is 13.0 Å². The molecular formula is C9H21N3O. The maximum Gasteiger partial charge on any atom is 0.156 e. The van der Waals surface area contributed by atoms with E-state index in [2.05, 4.69) is 23.9 Å². The number of hydrogen-bond donors (Lipinski definition) is 2. The average Bonchev–Trinajstić information content (AvgIpc) is 2.03. The van der Waals surface area contributed by atoms with Crippen molar-refractivity contribution in [3.8, 4) is 0 Å². The molecule has 1 unspecified atom stereocenters. The van der Waals surface area contributed by atoms with Crippen LogP contribution in [0.2, 0.25) is 0 Å². The van der Waals surface area contributed by atoms with E-state index in [-0.39, 0.29) is 6.04 Å². The molecule has 78 valence electrons. The van der Waals surface area contributed by atoms with E-state index in [9.17, 15) is 0 Å². The van der Waals surface area contributed by atoms with Crippen LogP contribution < -0.4 is 5.73 Å². The Hall–Kier alpha value is -0.770. The summed E-state index contributed by atoms with van der Waals surface area (Å²) in [5, 5.41) is 11.6. The molecule has 0 heterocycles. The van der Waals surface area contributed by atoms with E-state index in [0.29, 0.717) is 11.8 Å². The molecule has 0 aromatic carbocycles. The van der Waals surface area contributed by atoms with Crippen molar-refractivity contribution in [1.82, 2.24) is 4.90 Å². The van der Waals surface area contributed by atoms with Gasteiger partial charge in [-0.1, -0.05) is 25.9 Å².